The molecule has 1 fully saturated rings. The lowest BCUT2D eigenvalue weighted by Crippen LogP contribution is -2.45. The number of aromatic nitrogens is 2. The zero-order valence-corrected chi connectivity index (χ0v) is 14.8. The maximum absolute atomic E-state index is 12.3. The van der Waals surface area contributed by atoms with E-state index in [2.05, 4.69) is 9.97 Å². The molecule has 0 amide bonds. The van der Waals surface area contributed by atoms with E-state index in [1.165, 1.54) is 4.31 Å². The third kappa shape index (κ3) is 3.45. The van der Waals surface area contributed by atoms with Crippen molar-refractivity contribution >= 4 is 21.5 Å². The number of nitrogens with zero attached hydrogens (tertiary/aromatic N) is 4. The first-order chi connectivity index (χ1) is 11.0. The minimum atomic E-state index is -3.35. The summed E-state index contributed by atoms with van der Waals surface area (Å²) < 4.78 is 27.4. The van der Waals surface area contributed by atoms with Crippen LogP contribution < -0.4 is 0 Å². The molecule has 23 heavy (non-hydrogen) atoms. The fourth-order valence-electron chi connectivity index (χ4n) is 2.76. The Kier molecular flexibility index (Phi) is 4.77. The van der Waals surface area contributed by atoms with Crippen LogP contribution in [0.4, 0.5) is 0 Å². The highest BCUT2D eigenvalue weighted by Gasteiger charge is 2.31. The molecular weight excluding hydrogens is 332 g/mol. The van der Waals surface area contributed by atoms with Gasteiger partial charge in [-0.1, -0.05) is 0 Å². The van der Waals surface area contributed by atoms with Crippen LogP contribution in [-0.2, 0) is 10.2 Å². The fourth-order valence-corrected chi connectivity index (χ4v) is 4.58. The van der Waals surface area contributed by atoms with E-state index >= 15 is 0 Å². The number of thiazole rings is 1. The van der Waals surface area contributed by atoms with Crippen LogP contribution >= 0.6 is 11.3 Å². The van der Waals surface area contributed by atoms with Gasteiger partial charge in [0.2, 0.25) is 0 Å². The summed E-state index contributed by atoms with van der Waals surface area (Å²) in [6.45, 7) is 1.07. The van der Waals surface area contributed by atoms with Crippen LogP contribution in [-0.4, -0.2) is 54.2 Å². The summed E-state index contributed by atoms with van der Waals surface area (Å²) in [4.78, 5) is 8.83. The molecule has 124 valence electrons. The second kappa shape index (κ2) is 6.64. The van der Waals surface area contributed by atoms with Gasteiger partial charge in [0.1, 0.15) is 5.01 Å². The van der Waals surface area contributed by atoms with Gasteiger partial charge in [0, 0.05) is 62.1 Å². The first-order valence-electron chi connectivity index (χ1n) is 7.52. The van der Waals surface area contributed by atoms with E-state index in [1.54, 1.807) is 35.9 Å². The minimum Gasteiger partial charge on any atom is -0.260 e. The molecule has 1 atom stereocenters. The van der Waals surface area contributed by atoms with Crippen molar-refractivity contribution in [1.82, 2.24) is 18.6 Å². The predicted molar refractivity (Wildman–Crippen MR) is 91.5 cm³/mol. The Morgan fingerprint density at radius 2 is 2.13 bits per heavy atom. The molecule has 0 radical (unpaired) electrons. The quantitative estimate of drug-likeness (QED) is 0.846. The average Bonchev–Trinajstić information content (AvgIpc) is 3.09. The maximum Gasteiger partial charge on any atom is 0.281 e. The van der Waals surface area contributed by atoms with Gasteiger partial charge in [-0.05, 0) is 25.0 Å². The van der Waals surface area contributed by atoms with Crippen LogP contribution in [0.5, 0.6) is 0 Å². The van der Waals surface area contributed by atoms with Gasteiger partial charge in [0.15, 0.2) is 0 Å². The first-order valence-corrected chi connectivity index (χ1v) is 9.79. The Morgan fingerprint density at radius 1 is 1.30 bits per heavy atom. The van der Waals surface area contributed by atoms with Crippen LogP contribution in [0.3, 0.4) is 0 Å². The Morgan fingerprint density at radius 3 is 2.74 bits per heavy atom. The summed E-state index contributed by atoms with van der Waals surface area (Å²) in [5, 5.41) is 2.89. The van der Waals surface area contributed by atoms with Crippen LogP contribution in [0.15, 0.2) is 29.9 Å². The third-order valence-corrected chi connectivity index (χ3v) is 6.79. The van der Waals surface area contributed by atoms with Crippen LogP contribution in [0.2, 0.25) is 0 Å². The lowest BCUT2D eigenvalue weighted by atomic mass is 9.95. The molecule has 0 spiro atoms. The van der Waals surface area contributed by atoms with Crippen LogP contribution in [0.1, 0.15) is 24.5 Å². The summed E-state index contributed by atoms with van der Waals surface area (Å²) in [7, 11) is -0.215. The van der Waals surface area contributed by atoms with Gasteiger partial charge >= 0.3 is 0 Å². The number of rotatable bonds is 4. The molecule has 0 aromatic carbocycles. The lowest BCUT2D eigenvalue weighted by molar-refractivity contribution is 0.296. The smallest absolute Gasteiger partial charge is 0.260 e. The Labute approximate surface area is 141 Å². The zero-order chi connectivity index (χ0) is 16.4. The van der Waals surface area contributed by atoms with Crippen LogP contribution in [0.25, 0.3) is 10.6 Å². The molecule has 1 aliphatic heterocycles. The summed E-state index contributed by atoms with van der Waals surface area (Å²) in [5.41, 5.74) is 1.95. The van der Waals surface area contributed by atoms with Crippen molar-refractivity contribution < 1.29 is 8.42 Å². The fraction of sp³-hybridized carbons (Fsp3) is 0.467. The van der Waals surface area contributed by atoms with Gasteiger partial charge in [0.05, 0.1) is 0 Å². The molecule has 0 saturated carbocycles. The minimum absolute atomic E-state index is 0.142. The van der Waals surface area contributed by atoms with Crippen molar-refractivity contribution in [3.05, 3.63) is 35.6 Å². The van der Waals surface area contributed by atoms with Crippen molar-refractivity contribution in [2.45, 2.75) is 18.8 Å². The molecule has 6 nitrogen and oxygen atoms in total. The summed E-state index contributed by atoms with van der Waals surface area (Å²) in [6, 6.07) is 4.01. The van der Waals surface area contributed by atoms with Gasteiger partial charge in [0.25, 0.3) is 10.2 Å². The number of piperidine rings is 1. The highest BCUT2D eigenvalue weighted by Crippen LogP contribution is 2.29. The highest BCUT2D eigenvalue weighted by molar-refractivity contribution is 7.86. The molecule has 0 unspecified atom stereocenters. The molecule has 1 aliphatic rings. The molecule has 8 heteroatoms. The molecule has 3 rings (SSSR count). The van der Waals surface area contributed by atoms with Crippen molar-refractivity contribution in [2.75, 3.05) is 27.2 Å². The molecule has 1 saturated heterocycles. The molecular formula is C15H20N4O2S2. The highest BCUT2D eigenvalue weighted by atomic mass is 32.2. The Bertz CT molecular complexity index is 742. The Hall–Kier alpha value is -1.35. The SMILES string of the molecule is CN(C)S(=O)(=O)N1CCC[C@H](c2ccc(-c3nccs3)cn2)C1. The Balaban J connectivity index is 1.77. The standard InChI is InChI=1S/C15H20N4O2S2/c1-18(2)23(20,21)19-8-3-4-13(11-19)14-6-5-12(10-17-14)15-16-7-9-22-15/h5-7,9-10,13H,3-4,8,11H2,1-2H3/t13-/m0/s1. The average molecular weight is 352 g/mol. The number of hydrogen-bond donors (Lipinski definition) is 0. The van der Waals surface area contributed by atoms with Gasteiger partial charge in [-0.2, -0.15) is 17.0 Å². The largest absolute Gasteiger partial charge is 0.281 e. The lowest BCUT2D eigenvalue weighted by Gasteiger charge is -2.33. The van der Waals surface area contributed by atoms with E-state index in [9.17, 15) is 8.42 Å². The van der Waals surface area contributed by atoms with E-state index in [1.807, 2.05) is 23.7 Å². The van der Waals surface area contributed by atoms with E-state index in [0.717, 1.165) is 29.1 Å². The summed E-state index contributed by atoms with van der Waals surface area (Å²) in [5.74, 6) is 0.142. The van der Waals surface area contributed by atoms with Gasteiger partial charge in [-0.25, -0.2) is 4.98 Å². The van der Waals surface area contributed by atoms with Crippen molar-refractivity contribution in [3.63, 3.8) is 0 Å². The number of hydrogen-bond acceptors (Lipinski definition) is 5. The van der Waals surface area contributed by atoms with Crippen molar-refractivity contribution in [3.8, 4) is 10.6 Å². The normalized spacial score (nSPS) is 20.0. The van der Waals surface area contributed by atoms with Crippen molar-refractivity contribution in [1.29, 1.82) is 0 Å². The van der Waals surface area contributed by atoms with Crippen LogP contribution in [0, 0.1) is 0 Å². The first kappa shape index (κ1) is 16.5. The second-order valence-corrected chi connectivity index (χ2v) is 8.83. The summed E-state index contributed by atoms with van der Waals surface area (Å²) >= 11 is 1.58. The van der Waals surface area contributed by atoms with Gasteiger partial charge < -0.3 is 0 Å². The monoisotopic (exact) mass is 352 g/mol. The summed E-state index contributed by atoms with van der Waals surface area (Å²) in [6.07, 6.45) is 5.42. The molecule has 2 aromatic heterocycles. The molecule has 0 N–H and O–H groups in total. The van der Waals surface area contributed by atoms with Gasteiger partial charge in [-0.15, -0.1) is 11.3 Å². The van der Waals surface area contributed by atoms with E-state index in [-0.39, 0.29) is 5.92 Å². The van der Waals surface area contributed by atoms with Crippen molar-refractivity contribution in [2.24, 2.45) is 0 Å². The second-order valence-electron chi connectivity index (χ2n) is 5.80. The molecule has 0 bridgehead atoms. The zero-order valence-electron chi connectivity index (χ0n) is 13.2. The van der Waals surface area contributed by atoms with E-state index in [0.29, 0.717) is 13.1 Å². The predicted octanol–water partition coefficient (Wildman–Crippen LogP) is 2.19. The van der Waals surface area contributed by atoms with Gasteiger partial charge in [-0.3, -0.25) is 4.98 Å². The molecule has 0 aliphatic carbocycles. The third-order valence-electron chi connectivity index (χ3n) is 4.06. The molecule has 2 aromatic rings. The number of pyridine rings is 1. The molecule has 3 heterocycles. The topological polar surface area (TPSA) is 66.4 Å². The maximum atomic E-state index is 12.3. The van der Waals surface area contributed by atoms with E-state index in [4.69, 9.17) is 0 Å². The van der Waals surface area contributed by atoms with E-state index < -0.39 is 10.2 Å².